The first kappa shape index (κ1) is 32.9. The van der Waals surface area contributed by atoms with E-state index in [1.165, 1.54) is 25.0 Å². The summed E-state index contributed by atoms with van der Waals surface area (Å²) in [5, 5.41) is 24.8. The predicted octanol–water partition coefficient (Wildman–Crippen LogP) is 6.75. The van der Waals surface area contributed by atoms with Crippen molar-refractivity contribution in [2.45, 2.75) is 51.6 Å². The Kier molecular flexibility index (Phi) is 10.9. The van der Waals surface area contributed by atoms with Crippen LogP contribution < -0.4 is 16.0 Å². The molecule has 0 saturated heterocycles. The van der Waals surface area contributed by atoms with Crippen LogP contribution in [0.4, 0.5) is 11.4 Å². The molecule has 0 unspecified atom stereocenters. The molecule has 0 spiro atoms. The third-order valence-corrected chi connectivity index (χ3v) is 9.08. The Bertz CT molecular complexity index is 1780. The maximum absolute atomic E-state index is 13.2. The van der Waals surface area contributed by atoms with Crippen LogP contribution in [0.25, 0.3) is 22.0 Å². The number of rotatable bonds is 11. The third kappa shape index (κ3) is 7.65. The average Bonchev–Trinajstić information content (AvgIpc) is 3.44. The minimum atomic E-state index is -0.380. The maximum Gasteiger partial charge on any atom is 0.255 e. The van der Waals surface area contributed by atoms with Crippen LogP contribution in [0.5, 0.6) is 0 Å². The van der Waals surface area contributed by atoms with Crippen molar-refractivity contribution in [1.29, 1.82) is 5.26 Å². The lowest BCUT2D eigenvalue weighted by atomic mass is 9.90. The topological polar surface area (TPSA) is 115 Å². The second-order valence-electron chi connectivity index (χ2n) is 11.6. The Morgan fingerprint density at radius 1 is 1.07 bits per heavy atom. The van der Waals surface area contributed by atoms with Crippen molar-refractivity contribution in [1.82, 2.24) is 20.0 Å². The summed E-state index contributed by atoms with van der Waals surface area (Å²) in [5.41, 5.74) is 4.02. The van der Waals surface area contributed by atoms with Gasteiger partial charge in [0.1, 0.15) is 6.07 Å². The van der Waals surface area contributed by atoms with Crippen molar-refractivity contribution < 1.29 is 9.59 Å². The number of hydrogen-bond donors (Lipinski definition) is 3. The van der Waals surface area contributed by atoms with E-state index in [4.69, 9.17) is 11.6 Å². The number of nitriles is 1. The Morgan fingerprint density at radius 2 is 1.85 bits per heavy atom. The lowest BCUT2D eigenvalue weighted by Gasteiger charge is -2.36. The number of halogens is 1. The highest BCUT2D eigenvalue weighted by molar-refractivity contribution is 6.35. The summed E-state index contributed by atoms with van der Waals surface area (Å²) in [6.45, 7) is 7.23. The number of anilines is 2. The van der Waals surface area contributed by atoms with Crippen molar-refractivity contribution in [3.05, 3.63) is 89.1 Å². The summed E-state index contributed by atoms with van der Waals surface area (Å²) in [6.07, 6.45) is 9.70. The van der Waals surface area contributed by atoms with Gasteiger partial charge in [0.15, 0.2) is 0 Å². The molecule has 3 N–H and O–H groups in total. The molecule has 2 amide bonds. The summed E-state index contributed by atoms with van der Waals surface area (Å²) in [4.78, 5) is 28.3. The van der Waals surface area contributed by atoms with Gasteiger partial charge in [-0.2, -0.15) is 10.4 Å². The fourth-order valence-corrected chi connectivity index (χ4v) is 6.57. The summed E-state index contributed by atoms with van der Waals surface area (Å²) in [5.74, 6) is -0.714. The maximum atomic E-state index is 13.2. The van der Waals surface area contributed by atoms with E-state index in [9.17, 15) is 14.9 Å². The molecule has 0 bridgehead atoms. The van der Waals surface area contributed by atoms with E-state index in [0.717, 1.165) is 48.0 Å². The molecule has 3 aromatic carbocycles. The van der Waals surface area contributed by atoms with Crippen molar-refractivity contribution >= 4 is 45.7 Å². The molecule has 1 aromatic heterocycles. The molecule has 0 atom stereocenters. The van der Waals surface area contributed by atoms with Gasteiger partial charge in [0.25, 0.3) is 5.91 Å². The number of nitrogens with one attached hydrogen (secondary N) is 3. The van der Waals surface area contributed by atoms with Crippen LogP contribution >= 0.6 is 11.6 Å². The highest BCUT2D eigenvalue weighted by Gasteiger charge is 2.23. The molecule has 1 aliphatic carbocycles. The Morgan fingerprint density at radius 3 is 2.59 bits per heavy atom. The number of carbonyl (C=O) groups excluding carboxylic acids is 2. The minimum absolute atomic E-state index is 0.196. The average molecular weight is 638 g/mol. The van der Waals surface area contributed by atoms with E-state index in [2.05, 4.69) is 45.9 Å². The molecule has 9 nitrogen and oxygen atoms in total. The number of fused-ring (bicyclic) bond motifs is 1. The van der Waals surface area contributed by atoms with Gasteiger partial charge in [-0.05, 0) is 86.8 Å². The number of aryl methyl sites for hydroxylation is 1. The number of hydrogen-bond acceptors (Lipinski definition) is 6. The Hall–Kier alpha value is -4.49. The largest absolute Gasteiger partial charge is 0.322 e. The quantitative estimate of drug-likeness (QED) is 0.157. The van der Waals surface area contributed by atoms with Gasteiger partial charge in [-0.15, -0.1) is 0 Å². The molecule has 1 heterocycles. The fourth-order valence-electron chi connectivity index (χ4n) is 6.30. The highest BCUT2D eigenvalue weighted by atomic mass is 35.5. The second kappa shape index (κ2) is 15.2. The van der Waals surface area contributed by atoms with Crippen LogP contribution in [0.15, 0.2) is 72.9 Å². The summed E-state index contributed by atoms with van der Waals surface area (Å²) in [6, 6.07) is 19.0. The molecule has 1 aliphatic rings. The van der Waals surface area contributed by atoms with Gasteiger partial charge in [-0.1, -0.05) is 43.7 Å². The molecule has 1 fully saturated rings. The number of benzene rings is 3. The fraction of sp³-hybridized carbons (Fsp3) is 0.333. The van der Waals surface area contributed by atoms with E-state index in [1.807, 2.05) is 37.4 Å². The van der Waals surface area contributed by atoms with E-state index in [1.54, 1.807) is 35.2 Å². The van der Waals surface area contributed by atoms with Crippen LogP contribution in [0.3, 0.4) is 0 Å². The number of amides is 2. The zero-order valence-electron chi connectivity index (χ0n) is 26.5. The third-order valence-electron chi connectivity index (χ3n) is 8.77. The van der Waals surface area contributed by atoms with Crippen molar-refractivity contribution in [2.75, 3.05) is 30.3 Å². The van der Waals surface area contributed by atoms with Crippen molar-refractivity contribution in [3.8, 4) is 17.2 Å². The van der Waals surface area contributed by atoms with Crippen molar-refractivity contribution in [3.63, 3.8) is 0 Å². The number of carbonyl (C=O) groups is 2. The molecule has 238 valence electrons. The number of aromatic nitrogens is 2. The second-order valence-corrected chi connectivity index (χ2v) is 12.0. The van der Waals surface area contributed by atoms with Gasteiger partial charge >= 0.3 is 0 Å². The highest BCUT2D eigenvalue weighted by Crippen LogP contribution is 2.36. The molecule has 5 rings (SSSR count). The van der Waals surface area contributed by atoms with Crippen LogP contribution in [-0.2, 0) is 11.8 Å². The molecule has 0 radical (unpaired) electrons. The van der Waals surface area contributed by atoms with Gasteiger partial charge in [-0.25, -0.2) is 0 Å². The van der Waals surface area contributed by atoms with E-state index in [-0.39, 0.29) is 17.4 Å². The zero-order chi connectivity index (χ0) is 32.6. The first-order valence-electron chi connectivity index (χ1n) is 15.8. The predicted molar refractivity (Wildman–Crippen MR) is 185 cm³/mol. The zero-order valence-corrected chi connectivity index (χ0v) is 27.3. The lowest BCUT2D eigenvalue weighted by molar-refractivity contribution is -0.111. The van der Waals surface area contributed by atoms with Gasteiger partial charge in [0, 0.05) is 59.0 Å². The van der Waals surface area contributed by atoms with Crippen molar-refractivity contribution in [2.24, 2.45) is 7.05 Å². The first-order chi connectivity index (χ1) is 22.3. The van der Waals surface area contributed by atoms with Gasteiger partial charge in [0.2, 0.25) is 5.91 Å². The van der Waals surface area contributed by atoms with Crippen LogP contribution in [-0.4, -0.2) is 58.2 Å². The summed E-state index contributed by atoms with van der Waals surface area (Å²) < 4.78 is 1.79. The normalized spacial score (nSPS) is 16.5. The monoisotopic (exact) mass is 637 g/mol. The van der Waals surface area contributed by atoms with Gasteiger partial charge < -0.3 is 20.9 Å². The molecule has 0 aliphatic heterocycles. The molecule has 4 aromatic rings. The van der Waals surface area contributed by atoms with Gasteiger partial charge in [0.05, 0.1) is 23.0 Å². The van der Waals surface area contributed by atoms with Crippen LogP contribution in [0, 0.1) is 11.3 Å². The lowest BCUT2D eigenvalue weighted by Crippen LogP contribution is -2.42. The van der Waals surface area contributed by atoms with E-state index < -0.39 is 0 Å². The Labute approximate surface area is 275 Å². The van der Waals surface area contributed by atoms with E-state index in [0.29, 0.717) is 40.6 Å². The molecule has 46 heavy (non-hydrogen) atoms. The van der Waals surface area contributed by atoms with Crippen LogP contribution in [0.1, 0.15) is 55.5 Å². The minimum Gasteiger partial charge on any atom is -0.322 e. The molecule has 10 heteroatoms. The molecule has 1 saturated carbocycles. The van der Waals surface area contributed by atoms with E-state index >= 15 is 0 Å². The standard InChI is InChI=1S/C36H40ClN7O2/c1-4-44(5-2)29-14-12-27(13-15-29)39-19-7-10-34(45)42-32-17-11-25(20-26(32)22-38)36(46)41-28-9-6-8-24(21-28)35-30-23-40-43(3)33(30)18-16-31(35)37/h6-11,16-18,20-21,23,27,29,39H,4-5,12-15,19H2,1-3H3,(H,41,46)(H,42,45)/b10-7+. The molecular formula is C36H40ClN7O2. The summed E-state index contributed by atoms with van der Waals surface area (Å²) >= 11 is 6.58. The Balaban J connectivity index is 1.17. The first-order valence-corrected chi connectivity index (χ1v) is 16.2. The number of nitrogens with zero attached hydrogens (tertiary/aromatic N) is 4. The molecular weight excluding hydrogens is 598 g/mol. The summed E-state index contributed by atoms with van der Waals surface area (Å²) in [7, 11) is 1.87. The smallest absolute Gasteiger partial charge is 0.255 e. The SMILES string of the molecule is CCN(CC)C1CCC(NC/C=C/C(=O)Nc2ccc(C(=O)Nc3cccc(-c4c(Cl)ccc5c4cnn5C)c3)cc2C#N)CC1. The van der Waals surface area contributed by atoms with Gasteiger partial charge in [-0.3, -0.25) is 14.3 Å². The van der Waals surface area contributed by atoms with Crippen LogP contribution in [0.2, 0.25) is 5.02 Å².